The second-order valence-electron chi connectivity index (χ2n) is 12.1. The predicted octanol–water partition coefficient (Wildman–Crippen LogP) is 8.00. The Kier molecular flexibility index (Phi) is 8.50. The first kappa shape index (κ1) is 25.0. The van der Waals surface area contributed by atoms with Gasteiger partial charge in [0.25, 0.3) is 0 Å². The summed E-state index contributed by atoms with van der Waals surface area (Å²) < 4.78 is 5.74. The van der Waals surface area contributed by atoms with Gasteiger partial charge in [0.15, 0.2) is 0 Å². The lowest BCUT2D eigenvalue weighted by Gasteiger charge is -2.58. The van der Waals surface area contributed by atoms with Gasteiger partial charge in [-0.15, -0.1) is 0 Å². The molecule has 3 saturated carbocycles. The van der Waals surface area contributed by atoms with Crippen LogP contribution in [0, 0.1) is 40.4 Å². The van der Waals surface area contributed by atoms with Crippen molar-refractivity contribution >= 4 is 6.29 Å². The SMILES string of the molecule is CC=O.COC1CC[C@@]2(C)C(=CCC3C4CCC(CCCCC(C)C)[C@@]4(C)CCC32)C1. The number of fused-ring (bicyclic) bond motifs is 5. The van der Waals surface area contributed by atoms with E-state index in [4.69, 9.17) is 9.53 Å². The lowest BCUT2D eigenvalue weighted by atomic mass is 9.47. The van der Waals surface area contributed by atoms with E-state index in [1.807, 2.05) is 7.11 Å². The van der Waals surface area contributed by atoms with E-state index in [1.54, 1.807) is 5.57 Å². The van der Waals surface area contributed by atoms with Crippen molar-refractivity contribution in [1.82, 2.24) is 0 Å². The molecule has 4 rings (SSSR count). The Hall–Kier alpha value is -0.630. The zero-order valence-electron chi connectivity index (χ0n) is 21.4. The van der Waals surface area contributed by atoms with Crippen molar-refractivity contribution in [3.05, 3.63) is 11.6 Å². The van der Waals surface area contributed by atoms with Gasteiger partial charge in [-0.2, -0.15) is 0 Å². The molecule has 0 heterocycles. The summed E-state index contributed by atoms with van der Waals surface area (Å²) in [5.41, 5.74) is 2.89. The van der Waals surface area contributed by atoms with Gasteiger partial charge in [-0.25, -0.2) is 0 Å². The van der Waals surface area contributed by atoms with Gasteiger partial charge in [-0.1, -0.05) is 58.6 Å². The van der Waals surface area contributed by atoms with Gasteiger partial charge in [0, 0.05) is 7.11 Å². The number of carbonyl (C=O) groups excluding carboxylic acids is 1. The van der Waals surface area contributed by atoms with Gasteiger partial charge in [0.2, 0.25) is 0 Å². The Bertz CT molecular complexity index is 622. The van der Waals surface area contributed by atoms with Gasteiger partial charge < -0.3 is 9.53 Å². The monoisotopic (exact) mass is 430 g/mol. The molecule has 0 aliphatic heterocycles. The highest BCUT2D eigenvalue weighted by Gasteiger charge is 2.58. The number of unbranched alkanes of at least 4 members (excludes halogenated alkanes) is 1. The van der Waals surface area contributed by atoms with Crippen LogP contribution in [-0.4, -0.2) is 19.5 Å². The third-order valence-corrected chi connectivity index (χ3v) is 10.2. The van der Waals surface area contributed by atoms with Crippen LogP contribution in [0.2, 0.25) is 0 Å². The molecule has 3 fully saturated rings. The lowest BCUT2D eigenvalue weighted by Crippen LogP contribution is -2.50. The van der Waals surface area contributed by atoms with Gasteiger partial charge >= 0.3 is 0 Å². The molecule has 31 heavy (non-hydrogen) atoms. The number of carbonyl (C=O) groups is 1. The number of hydrogen-bond acceptors (Lipinski definition) is 2. The van der Waals surface area contributed by atoms with Crippen molar-refractivity contribution in [2.45, 2.75) is 118 Å². The Morgan fingerprint density at radius 2 is 1.84 bits per heavy atom. The van der Waals surface area contributed by atoms with E-state index in [0.29, 0.717) is 16.9 Å². The third-order valence-electron chi connectivity index (χ3n) is 10.2. The average Bonchev–Trinajstić information content (AvgIpc) is 3.07. The minimum Gasteiger partial charge on any atom is -0.381 e. The molecule has 0 amide bonds. The topological polar surface area (TPSA) is 26.3 Å². The number of ether oxygens (including phenoxy) is 1. The van der Waals surface area contributed by atoms with Crippen LogP contribution in [0.15, 0.2) is 11.6 Å². The molecule has 0 saturated heterocycles. The van der Waals surface area contributed by atoms with Crippen molar-refractivity contribution in [1.29, 1.82) is 0 Å². The molecular weight excluding hydrogens is 380 g/mol. The maximum absolute atomic E-state index is 8.81. The highest BCUT2D eigenvalue weighted by atomic mass is 16.5. The summed E-state index contributed by atoms with van der Waals surface area (Å²) in [6.45, 7) is 11.5. The zero-order valence-corrected chi connectivity index (χ0v) is 21.4. The predicted molar refractivity (Wildman–Crippen MR) is 131 cm³/mol. The van der Waals surface area contributed by atoms with Crippen LogP contribution in [0.4, 0.5) is 0 Å². The molecule has 0 aromatic carbocycles. The second kappa shape index (κ2) is 10.5. The van der Waals surface area contributed by atoms with Gasteiger partial charge in [0.1, 0.15) is 6.29 Å². The summed E-state index contributed by atoms with van der Waals surface area (Å²) in [6.07, 6.45) is 21.0. The highest BCUT2D eigenvalue weighted by molar-refractivity contribution is 5.44. The quantitative estimate of drug-likeness (QED) is 0.242. The van der Waals surface area contributed by atoms with Crippen LogP contribution < -0.4 is 0 Å². The molecule has 0 spiro atoms. The van der Waals surface area contributed by atoms with Crippen LogP contribution in [0.3, 0.4) is 0 Å². The fraction of sp³-hybridized carbons (Fsp3) is 0.897. The van der Waals surface area contributed by atoms with E-state index >= 15 is 0 Å². The standard InChI is InChI=1S/C27H46O.C2H4O/c1-19(2)8-6-7-9-20-11-13-24-23-12-10-21-18-22(28-5)14-16-27(21,4)25(23)15-17-26(20,24)3;1-2-3/h10,19-20,22-25H,6-9,11-18H2,1-5H3;2H,1H3/t20?,22?,23?,24?,25?,26-,27+;/m1./s1. The van der Waals surface area contributed by atoms with Crippen LogP contribution >= 0.6 is 0 Å². The van der Waals surface area contributed by atoms with E-state index in [9.17, 15) is 0 Å². The van der Waals surface area contributed by atoms with Crippen molar-refractivity contribution in [2.75, 3.05) is 7.11 Å². The summed E-state index contributed by atoms with van der Waals surface area (Å²) in [5, 5.41) is 0. The first-order valence-corrected chi connectivity index (χ1v) is 13.4. The summed E-state index contributed by atoms with van der Waals surface area (Å²) >= 11 is 0. The normalized spacial score (nSPS) is 41.4. The van der Waals surface area contributed by atoms with Gasteiger partial charge in [-0.3, -0.25) is 0 Å². The molecule has 5 unspecified atom stereocenters. The van der Waals surface area contributed by atoms with Crippen LogP contribution in [0.5, 0.6) is 0 Å². The van der Waals surface area contributed by atoms with Crippen LogP contribution in [-0.2, 0) is 9.53 Å². The lowest BCUT2D eigenvalue weighted by molar-refractivity contribution is -0.106. The number of hydrogen-bond donors (Lipinski definition) is 0. The van der Waals surface area contributed by atoms with E-state index in [2.05, 4.69) is 33.8 Å². The minimum atomic E-state index is 0.478. The molecule has 0 aromatic rings. The summed E-state index contributed by atoms with van der Waals surface area (Å²) in [7, 11) is 1.91. The van der Waals surface area contributed by atoms with Crippen LogP contribution in [0.1, 0.15) is 112 Å². The second-order valence-corrected chi connectivity index (χ2v) is 12.1. The maximum atomic E-state index is 8.81. The molecule has 178 valence electrons. The van der Waals surface area contributed by atoms with E-state index in [-0.39, 0.29) is 0 Å². The largest absolute Gasteiger partial charge is 0.381 e. The third kappa shape index (κ3) is 4.99. The number of allylic oxidation sites excluding steroid dienone is 1. The van der Waals surface area contributed by atoms with E-state index < -0.39 is 0 Å². The van der Waals surface area contributed by atoms with Gasteiger partial charge in [0.05, 0.1) is 6.10 Å². The molecule has 7 atom stereocenters. The molecule has 0 radical (unpaired) electrons. The van der Waals surface area contributed by atoms with Crippen molar-refractivity contribution in [2.24, 2.45) is 40.4 Å². The molecule has 0 aromatic heterocycles. The van der Waals surface area contributed by atoms with Gasteiger partial charge in [-0.05, 0) is 105 Å². The molecule has 4 aliphatic carbocycles. The Morgan fingerprint density at radius 1 is 1.10 bits per heavy atom. The fourth-order valence-electron chi connectivity index (χ4n) is 8.36. The maximum Gasteiger partial charge on any atom is 0.116 e. The summed E-state index contributed by atoms with van der Waals surface area (Å²) in [5.74, 6) is 4.79. The fourth-order valence-corrected chi connectivity index (χ4v) is 8.36. The highest BCUT2D eigenvalue weighted by Crippen LogP contribution is 2.66. The number of methoxy groups -OCH3 is 1. The first-order chi connectivity index (χ1) is 14.8. The molecule has 4 aliphatic rings. The van der Waals surface area contributed by atoms with Crippen molar-refractivity contribution < 1.29 is 9.53 Å². The van der Waals surface area contributed by atoms with Crippen LogP contribution in [0.25, 0.3) is 0 Å². The number of rotatable bonds is 6. The molecule has 2 nitrogen and oxygen atoms in total. The first-order valence-electron chi connectivity index (χ1n) is 13.4. The Balaban J connectivity index is 0.000000858. The van der Waals surface area contributed by atoms with E-state index in [1.165, 1.54) is 84.0 Å². The molecule has 0 N–H and O–H groups in total. The number of aldehydes is 1. The average molecular weight is 431 g/mol. The smallest absolute Gasteiger partial charge is 0.116 e. The minimum absolute atomic E-state index is 0.478. The Labute approximate surface area is 193 Å². The molecule has 0 bridgehead atoms. The van der Waals surface area contributed by atoms with E-state index in [0.717, 1.165) is 35.9 Å². The Morgan fingerprint density at radius 3 is 2.52 bits per heavy atom. The molecule has 2 heteroatoms. The van der Waals surface area contributed by atoms with Crippen molar-refractivity contribution in [3.63, 3.8) is 0 Å². The molecular formula is C29H50O2. The zero-order chi connectivity index (χ0) is 22.6. The van der Waals surface area contributed by atoms with Crippen molar-refractivity contribution in [3.8, 4) is 0 Å². The summed E-state index contributed by atoms with van der Waals surface area (Å²) in [6, 6.07) is 0. The summed E-state index contributed by atoms with van der Waals surface area (Å²) in [4.78, 5) is 8.81.